The summed E-state index contributed by atoms with van der Waals surface area (Å²) in [6.07, 6.45) is 1.91. The normalized spacial score (nSPS) is 12.2. The molecule has 5 heteroatoms. The molecule has 132 valence electrons. The molecule has 5 nitrogen and oxygen atoms in total. The van der Waals surface area contributed by atoms with Gasteiger partial charge in [0.1, 0.15) is 12.4 Å². The fourth-order valence-electron chi connectivity index (χ4n) is 2.35. The lowest BCUT2D eigenvalue weighted by Gasteiger charge is -2.19. The topological polar surface area (TPSA) is 54.3 Å². The molecule has 0 aromatic heterocycles. The molecule has 0 radical (unpaired) electrons. The number of benzene rings is 2. The molecular formula is C20H24N2O3. The van der Waals surface area contributed by atoms with Crippen LogP contribution in [0, 0.1) is 0 Å². The smallest absolute Gasteiger partial charge is 0.185 e. The second kappa shape index (κ2) is 8.89. The van der Waals surface area contributed by atoms with Crippen molar-refractivity contribution in [1.29, 1.82) is 0 Å². The third-order valence-corrected chi connectivity index (χ3v) is 3.76. The molecule has 0 aliphatic carbocycles. The van der Waals surface area contributed by atoms with E-state index in [2.05, 4.69) is 4.99 Å². The van der Waals surface area contributed by atoms with Gasteiger partial charge in [-0.1, -0.05) is 24.3 Å². The van der Waals surface area contributed by atoms with Crippen molar-refractivity contribution in [2.24, 2.45) is 4.99 Å². The lowest BCUT2D eigenvalue weighted by atomic mass is 10.1. The summed E-state index contributed by atoms with van der Waals surface area (Å²) in [6.45, 7) is 4.14. The van der Waals surface area contributed by atoms with Gasteiger partial charge >= 0.3 is 0 Å². The van der Waals surface area contributed by atoms with Crippen LogP contribution in [0.2, 0.25) is 0 Å². The number of para-hydroxylation sites is 1. The van der Waals surface area contributed by atoms with E-state index in [1.165, 1.54) is 0 Å². The number of phenols is 1. The minimum Gasteiger partial charge on any atom is -0.508 e. The Labute approximate surface area is 148 Å². The molecule has 0 unspecified atom stereocenters. The lowest BCUT2D eigenvalue weighted by Crippen LogP contribution is -2.17. The molecule has 1 N–H and O–H groups in total. The van der Waals surface area contributed by atoms with Gasteiger partial charge in [0, 0.05) is 25.1 Å². The van der Waals surface area contributed by atoms with Crippen LogP contribution in [0.15, 0.2) is 59.6 Å². The maximum Gasteiger partial charge on any atom is 0.185 e. The molecule has 0 saturated carbocycles. The van der Waals surface area contributed by atoms with Gasteiger partial charge in [-0.05, 0) is 37.3 Å². The van der Waals surface area contributed by atoms with E-state index in [9.17, 15) is 5.11 Å². The molecule has 0 spiro atoms. The van der Waals surface area contributed by atoms with Crippen LogP contribution in [-0.4, -0.2) is 25.2 Å². The van der Waals surface area contributed by atoms with Crippen LogP contribution in [0.5, 0.6) is 5.75 Å². The number of aromatic hydroxyl groups is 1. The molecule has 0 amide bonds. The largest absolute Gasteiger partial charge is 0.508 e. The highest BCUT2D eigenvalue weighted by Gasteiger charge is 2.08. The molecule has 2 aromatic carbocycles. The number of rotatable bonds is 6. The van der Waals surface area contributed by atoms with Crippen LogP contribution in [0.1, 0.15) is 25.0 Å². The Bertz CT molecular complexity index is 752. The Morgan fingerprint density at radius 3 is 2.48 bits per heavy atom. The van der Waals surface area contributed by atoms with Crippen molar-refractivity contribution in [3.05, 3.63) is 65.7 Å². The Morgan fingerprint density at radius 1 is 1.16 bits per heavy atom. The Morgan fingerprint density at radius 2 is 1.84 bits per heavy atom. The van der Waals surface area contributed by atoms with Crippen LogP contribution >= 0.6 is 0 Å². The first-order valence-electron chi connectivity index (χ1n) is 8.04. The number of phenolic OH excluding ortho intramolecular Hbond substituents is 1. The molecule has 2 aromatic rings. The van der Waals surface area contributed by atoms with Crippen molar-refractivity contribution in [3.63, 3.8) is 0 Å². The van der Waals surface area contributed by atoms with Crippen molar-refractivity contribution in [3.8, 4) is 5.75 Å². The molecule has 0 aliphatic rings. The van der Waals surface area contributed by atoms with Gasteiger partial charge in [-0.25, -0.2) is 4.99 Å². The lowest BCUT2D eigenvalue weighted by molar-refractivity contribution is 0.182. The minimum atomic E-state index is 0.232. The molecular weight excluding hydrogens is 316 g/mol. The van der Waals surface area contributed by atoms with Gasteiger partial charge in [-0.3, -0.25) is 9.90 Å². The number of anilines is 1. The first-order chi connectivity index (χ1) is 12.0. The average molecular weight is 340 g/mol. The van der Waals surface area contributed by atoms with E-state index < -0.39 is 0 Å². The first kappa shape index (κ1) is 18.5. The van der Waals surface area contributed by atoms with E-state index in [1.54, 1.807) is 24.3 Å². The third-order valence-electron chi connectivity index (χ3n) is 3.76. The van der Waals surface area contributed by atoms with E-state index in [1.807, 2.05) is 63.4 Å². The summed E-state index contributed by atoms with van der Waals surface area (Å²) in [5, 5.41) is 11.1. The summed E-state index contributed by atoms with van der Waals surface area (Å²) in [7, 11) is 3.48. The van der Waals surface area contributed by atoms with Crippen molar-refractivity contribution in [1.82, 2.24) is 0 Å². The van der Waals surface area contributed by atoms with Crippen molar-refractivity contribution in [2.45, 2.75) is 20.5 Å². The van der Waals surface area contributed by atoms with Gasteiger partial charge < -0.3 is 9.84 Å². The molecule has 0 bridgehead atoms. The standard InChI is InChI=1S/C20H24N2O3/c1-5-19(16-10-12-18(23)13-11-16)21-15(2)25-14-17-8-6-7-9-20(17)22(3)24-4/h5-13,23H,14H2,1-4H3/b19-5-,21-15?. The summed E-state index contributed by atoms with van der Waals surface area (Å²) in [5.41, 5.74) is 3.67. The zero-order valence-corrected chi connectivity index (χ0v) is 15.1. The van der Waals surface area contributed by atoms with Crippen LogP contribution < -0.4 is 5.06 Å². The maximum absolute atomic E-state index is 9.40. The third kappa shape index (κ3) is 5.09. The highest BCUT2D eigenvalue weighted by Crippen LogP contribution is 2.22. The van der Waals surface area contributed by atoms with Crippen LogP contribution in [-0.2, 0) is 16.2 Å². The van der Waals surface area contributed by atoms with E-state index in [4.69, 9.17) is 9.57 Å². The molecule has 25 heavy (non-hydrogen) atoms. The van der Waals surface area contributed by atoms with Crippen LogP contribution in [0.4, 0.5) is 5.69 Å². The summed E-state index contributed by atoms with van der Waals surface area (Å²) < 4.78 is 5.82. The number of allylic oxidation sites excluding steroid dienone is 1. The van der Waals surface area contributed by atoms with Crippen molar-refractivity contribution >= 4 is 17.3 Å². The summed E-state index contributed by atoms with van der Waals surface area (Å²) in [4.78, 5) is 9.78. The quantitative estimate of drug-likeness (QED) is 0.481. The first-order valence-corrected chi connectivity index (χ1v) is 8.04. The van der Waals surface area contributed by atoms with Crippen LogP contribution in [0.3, 0.4) is 0 Å². The molecule has 0 heterocycles. The summed E-state index contributed by atoms with van der Waals surface area (Å²) in [5.74, 6) is 0.797. The summed E-state index contributed by atoms with van der Waals surface area (Å²) in [6, 6.07) is 14.8. The molecule has 2 rings (SSSR count). The Hall–Kier alpha value is -2.79. The SMILES string of the molecule is C/C=C(\N=C(C)OCc1ccccc1N(C)OC)c1ccc(O)cc1. The zero-order chi connectivity index (χ0) is 18.2. The van der Waals surface area contributed by atoms with Gasteiger partial charge in [0.25, 0.3) is 0 Å². The number of hydrogen-bond donors (Lipinski definition) is 1. The van der Waals surface area contributed by atoms with E-state index >= 15 is 0 Å². The predicted octanol–water partition coefficient (Wildman–Crippen LogP) is 4.39. The number of nitrogens with zero attached hydrogens (tertiary/aromatic N) is 2. The van der Waals surface area contributed by atoms with E-state index in [0.29, 0.717) is 12.5 Å². The van der Waals surface area contributed by atoms with Gasteiger partial charge in [-0.2, -0.15) is 0 Å². The molecule has 0 fully saturated rings. The number of ether oxygens (including phenoxy) is 1. The summed E-state index contributed by atoms with van der Waals surface area (Å²) >= 11 is 0. The number of hydrogen-bond acceptors (Lipinski definition) is 5. The molecule has 0 atom stereocenters. The van der Waals surface area contributed by atoms with Gasteiger partial charge in [0.05, 0.1) is 18.5 Å². The Kier molecular flexibility index (Phi) is 6.60. The van der Waals surface area contributed by atoms with Gasteiger partial charge in [0.15, 0.2) is 5.90 Å². The van der Waals surface area contributed by atoms with E-state index in [-0.39, 0.29) is 5.75 Å². The maximum atomic E-state index is 9.40. The minimum absolute atomic E-state index is 0.232. The Balaban J connectivity index is 2.10. The van der Waals surface area contributed by atoms with Crippen LogP contribution in [0.25, 0.3) is 5.70 Å². The monoisotopic (exact) mass is 340 g/mol. The molecule has 0 aliphatic heterocycles. The predicted molar refractivity (Wildman–Crippen MR) is 102 cm³/mol. The van der Waals surface area contributed by atoms with E-state index in [0.717, 1.165) is 22.5 Å². The highest BCUT2D eigenvalue weighted by molar-refractivity contribution is 5.82. The number of aliphatic imine (C=N–C) groups is 1. The highest BCUT2D eigenvalue weighted by atomic mass is 16.7. The zero-order valence-electron chi connectivity index (χ0n) is 15.1. The number of hydroxylamine groups is 1. The second-order valence-electron chi connectivity index (χ2n) is 5.45. The van der Waals surface area contributed by atoms with Gasteiger partial charge in [0.2, 0.25) is 0 Å². The van der Waals surface area contributed by atoms with Crippen molar-refractivity contribution < 1.29 is 14.7 Å². The second-order valence-corrected chi connectivity index (χ2v) is 5.45. The van der Waals surface area contributed by atoms with Gasteiger partial charge in [-0.15, -0.1) is 0 Å². The average Bonchev–Trinajstić information content (AvgIpc) is 2.64. The van der Waals surface area contributed by atoms with Crippen molar-refractivity contribution in [2.75, 3.05) is 19.2 Å². The molecule has 0 saturated heterocycles. The fourth-order valence-corrected chi connectivity index (χ4v) is 2.35. The fraction of sp³-hybridized carbons (Fsp3) is 0.250.